The highest BCUT2D eigenvalue weighted by atomic mass is 32.2. The van der Waals surface area contributed by atoms with Crippen molar-refractivity contribution in [2.75, 3.05) is 5.32 Å². The Morgan fingerprint density at radius 1 is 1.22 bits per heavy atom. The van der Waals surface area contributed by atoms with E-state index in [9.17, 15) is 12.8 Å². The van der Waals surface area contributed by atoms with Gasteiger partial charge in [0.1, 0.15) is 16.8 Å². The number of nitrogens with zero attached hydrogens (tertiary/aromatic N) is 1. The second-order valence-corrected chi connectivity index (χ2v) is 6.64. The standard InChI is InChI=1S/C17H15FN2O2S/c1-2-13-7-9-14(10-8-13)20-12-15(11-19)23(21,22)17-6-4-3-5-16(17)18/h3-10,12,20H,2H2,1H3/b15-12+. The zero-order chi connectivity index (χ0) is 16.9. The minimum absolute atomic E-state index is 0.518. The van der Waals surface area contributed by atoms with Crippen molar-refractivity contribution < 1.29 is 12.8 Å². The van der Waals surface area contributed by atoms with Crippen LogP contribution in [0, 0.1) is 17.1 Å². The number of rotatable bonds is 5. The van der Waals surface area contributed by atoms with Crippen molar-refractivity contribution in [3.8, 4) is 6.07 Å². The van der Waals surface area contributed by atoms with E-state index in [1.807, 2.05) is 19.1 Å². The van der Waals surface area contributed by atoms with Gasteiger partial charge in [-0.1, -0.05) is 31.2 Å². The molecule has 0 bridgehead atoms. The van der Waals surface area contributed by atoms with Crippen molar-refractivity contribution >= 4 is 15.5 Å². The molecule has 0 spiro atoms. The van der Waals surface area contributed by atoms with Crippen molar-refractivity contribution in [1.29, 1.82) is 5.26 Å². The molecule has 0 saturated carbocycles. The Bertz CT molecular complexity index is 866. The van der Waals surface area contributed by atoms with Gasteiger partial charge in [-0.25, -0.2) is 12.8 Å². The third-order valence-corrected chi connectivity index (χ3v) is 4.96. The van der Waals surface area contributed by atoms with Crippen LogP contribution in [0.5, 0.6) is 0 Å². The van der Waals surface area contributed by atoms with Crippen LogP contribution < -0.4 is 5.32 Å². The summed E-state index contributed by atoms with van der Waals surface area (Å²) in [6, 6.07) is 13.9. The summed E-state index contributed by atoms with van der Waals surface area (Å²) >= 11 is 0. The molecule has 1 N–H and O–H groups in total. The molecule has 0 amide bonds. The molecule has 0 saturated heterocycles. The predicted molar refractivity (Wildman–Crippen MR) is 86.7 cm³/mol. The third kappa shape index (κ3) is 3.76. The van der Waals surface area contributed by atoms with Crippen LogP contribution in [-0.4, -0.2) is 8.42 Å². The van der Waals surface area contributed by atoms with Crippen LogP contribution in [-0.2, 0) is 16.3 Å². The molecule has 0 aromatic heterocycles. The lowest BCUT2D eigenvalue weighted by Gasteiger charge is -2.06. The van der Waals surface area contributed by atoms with Crippen LogP contribution in [0.1, 0.15) is 12.5 Å². The maximum Gasteiger partial charge on any atom is 0.220 e. The summed E-state index contributed by atoms with van der Waals surface area (Å²) < 4.78 is 38.4. The zero-order valence-corrected chi connectivity index (χ0v) is 13.3. The monoisotopic (exact) mass is 330 g/mol. The van der Waals surface area contributed by atoms with Crippen LogP contribution in [0.4, 0.5) is 10.1 Å². The third-order valence-electron chi connectivity index (χ3n) is 3.26. The molecule has 2 aromatic rings. The highest BCUT2D eigenvalue weighted by Gasteiger charge is 2.24. The van der Waals surface area contributed by atoms with Crippen LogP contribution in [0.25, 0.3) is 0 Å². The number of halogens is 1. The van der Waals surface area contributed by atoms with E-state index in [4.69, 9.17) is 5.26 Å². The van der Waals surface area contributed by atoms with Gasteiger partial charge < -0.3 is 5.32 Å². The van der Waals surface area contributed by atoms with Gasteiger partial charge in [0.25, 0.3) is 0 Å². The van der Waals surface area contributed by atoms with Crippen molar-refractivity contribution in [3.63, 3.8) is 0 Å². The molecule has 118 valence electrons. The van der Waals surface area contributed by atoms with Gasteiger partial charge in [-0.15, -0.1) is 0 Å². The lowest BCUT2D eigenvalue weighted by molar-refractivity contribution is 0.571. The molecule has 23 heavy (non-hydrogen) atoms. The summed E-state index contributed by atoms with van der Waals surface area (Å²) in [6.07, 6.45) is 1.96. The van der Waals surface area contributed by atoms with E-state index in [1.165, 1.54) is 12.1 Å². The van der Waals surface area contributed by atoms with Gasteiger partial charge in [0, 0.05) is 11.9 Å². The Morgan fingerprint density at radius 3 is 2.43 bits per heavy atom. The molecule has 0 aliphatic heterocycles. The second-order valence-electron chi connectivity index (χ2n) is 4.75. The minimum Gasteiger partial charge on any atom is -0.360 e. The number of sulfone groups is 1. The SMILES string of the molecule is CCc1ccc(N/C=C(\C#N)S(=O)(=O)c2ccccc2F)cc1. The van der Waals surface area contributed by atoms with E-state index in [0.29, 0.717) is 5.69 Å². The van der Waals surface area contributed by atoms with Gasteiger partial charge in [-0.3, -0.25) is 0 Å². The summed E-state index contributed by atoms with van der Waals surface area (Å²) in [7, 11) is -4.20. The summed E-state index contributed by atoms with van der Waals surface area (Å²) in [6.45, 7) is 2.02. The van der Waals surface area contributed by atoms with Crippen molar-refractivity contribution in [2.24, 2.45) is 0 Å². The zero-order valence-electron chi connectivity index (χ0n) is 12.5. The first-order chi connectivity index (χ1) is 11.0. The summed E-state index contributed by atoms with van der Waals surface area (Å²) in [5, 5.41) is 11.9. The van der Waals surface area contributed by atoms with E-state index in [0.717, 1.165) is 30.3 Å². The van der Waals surface area contributed by atoms with Gasteiger partial charge in [0.15, 0.2) is 4.91 Å². The number of aryl methyl sites for hydroxylation is 1. The molecular weight excluding hydrogens is 315 g/mol. The Morgan fingerprint density at radius 2 is 1.87 bits per heavy atom. The molecule has 0 unspecified atom stereocenters. The van der Waals surface area contributed by atoms with Gasteiger partial charge in [0.2, 0.25) is 9.84 Å². The topological polar surface area (TPSA) is 70.0 Å². The maximum absolute atomic E-state index is 13.7. The number of allylic oxidation sites excluding steroid dienone is 1. The molecule has 2 rings (SSSR count). The average molecular weight is 330 g/mol. The number of anilines is 1. The number of nitriles is 1. The Kier molecular flexibility index (Phi) is 5.14. The lowest BCUT2D eigenvalue weighted by atomic mass is 10.1. The quantitative estimate of drug-likeness (QED) is 0.850. The smallest absolute Gasteiger partial charge is 0.220 e. The predicted octanol–water partition coefficient (Wildman–Crippen LogP) is 3.64. The molecule has 0 heterocycles. The fourth-order valence-corrected chi connectivity index (χ4v) is 3.09. The van der Waals surface area contributed by atoms with E-state index in [2.05, 4.69) is 5.32 Å². The van der Waals surface area contributed by atoms with Crippen molar-refractivity contribution in [1.82, 2.24) is 0 Å². The first-order valence-electron chi connectivity index (χ1n) is 6.94. The molecule has 2 aromatic carbocycles. The van der Waals surface area contributed by atoms with E-state index in [1.54, 1.807) is 18.2 Å². The summed E-state index contributed by atoms with van der Waals surface area (Å²) in [5.41, 5.74) is 1.78. The van der Waals surface area contributed by atoms with Crippen LogP contribution in [0.2, 0.25) is 0 Å². The number of nitrogens with one attached hydrogen (secondary N) is 1. The van der Waals surface area contributed by atoms with E-state index in [-0.39, 0.29) is 0 Å². The molecule has 0 fully saturated rings. The van der Waals surface area contributed by atoms with Crippen molar-refractivity contribution in [2.45, 2.75) is 18.2 Å². The van der Waals surface area contributed by atoms with Crippen LogP contribution >= 0.6 is 0 Å². The molecule has 0 radical (unpaired) electrons. The molecule has 0 atom stereocenters. The summed E-state index contributed by atoms with van der Waals surface area (Å²) in [4.78, 5) is -1.07. The minimum atomic E-state index is -4.20. The molecule has 6 heteroatoms. The maximum atomic E-state index is 13.7. The molecular formula is C17H15FN2O2S. The lowest BCUT2D eigenvalue weighted by Crippen LogP contribution is -2.07. The molecule has 0 aliphatic carbocycles. The molecule has 0 aliphatic rings. The first-order valence-corrected chi connectivity index (χ1v) is 8.42. The largest absolute Gasteiger partial charge is 0.360 e. The van der Waals surface area contributed by atoms with Gasteiger partial charge in [0.05, 0.1) is 0 Å². The van der Waals surface area contributed by atoms with Crippen LogP contribution in [0.3, 0.4) is 0 Å². The first kappa shape index (κ1) is 16.7. The van der Waals surface area contributed by atoms with Crippen molar-refractivity contribution in [3.05, 3.63) is 71.0 Å². The summed E-state index contributed by atoms with van der Waals surface area (Å²) in [5.74, 6) is -0.888. The van der Waals surface area contributed by atoms with E-state index < -0.39 is 25.5 Å². The number of hydrogen-bond donors (Lipinski definition) is 1. The Hall–Kier alpha value is -2.65. The normalized spacial score (nSPS) is 11.8. The van der Waals surface area contributed by atoms with E-state index >= 15 is 0 Å². The molecule has 4 nitrogen and oxygen atoms in total. The van der Waals surface area contributed by atoms with Gasteiger partial charge in [-0.05, 0) is 36.2 Å². The number of benzene rings is 2. The highest BCUT2D eigenvalue weighted by Crippen LogP contribution is 2.22. The Labute approximate surface area is 134 Å². The fourth-order valence-electron chi connectivity index (χ4n) is 1.94. The fraction of sp³-hybridized carbons (Fsp3) is 0.118. The van der Waals surface area contributed by atoms with Gasteiger partial charge in [-0.2, -0.15) is 5.26 Å². The Balaban J connectivity index is 2.31. The van der Waals surface area contributed by atoms with Crippen LogP contribution in [0.15, 0.2) is 64.5 Å². The second kappa shape index (κ2) is 7.07. The average Bonchev–Trinajstić information content (AvgIpc) is 2.56. The van der Waals surface area contributed by atoms with Gasteiger partial charge >= 0.3 is 0 Å². The highest BCUT2D eigenvalue weighted by molar-refractivity contribution is 7.95. The number of hydrogen-bond acceptors (Lipinski definition) is 4.